The minimum Gasteiger partial charge on any atom is -0.361 e. The average Bonchev–Trinajstić information content (AvgIpc) is 3.94. The first-order chi connectivity index (χ1) is 25.6. The molecule has 3 aromatic heterocycles. The maximum absolute atomic E-state index is 6.33. The highest BCUT2D eigenvalue weighted by Crippen LogP contribution is 2.41. The molecule has 0 aliphatic carbocycles. The summed E-state index contributed by atoms with van der Waals surface area (Å²) in [5, 5.41) is 12.6. The second-order valence-corrected chi connectivity index (χ2v) is 14.6. The van der Waals surface area contributed by atoms with E-state index in [1.54, 1.807) is 11.8 Å². The molecule has 0 unspecified atom stereocenters. The van der Waals surface area contributed by atoms with Crippen molar-refractivity contribution in [1.29, 1.82) is 0 Å². The van der Waals surface area contributed by atoms with Crippen molar-refractivity contribution in [2.75, 3.05) is 0 Å². The Morgan fingerprint density at radius 3 is 2.04 bits per heavy atom. The number of benzene rings is 5. The normalized spacial score (nSPS) is 11.7. The lowest BCUT2D eigenvalue weighted by Crippen LogP contribution is -2.36. The molecule has 0 atom stereocenters. The van der Waals surface area contributed by atoms with Crippen molar-refractivity contribution in [3.05, 3.63) is 202 Å². The van der Waals surface area contributed by atoms with Gasteiger partial charge in [-0.3, -0.25) is 0 Å². The van der Waals surface area contributed by atoms with Crippen LogP contribution in [0.2, 0.25) is 10.0 Å². The number of nitrogens with zero attached hydrogens (tertiary/aromatic N) is 5. The summed E-state index contributed by atoms with van der Waals surface area (Å²) in [5.41, 5.74) is 7.35. The standard InChI is InChI=1S/C43H36Cl2N6S/c44-38-23-22-31(25-39(38)45)29-52-42-49-48-41(26-32-27-46-40-21-11-10-20-37(32)40)51(42)24-12-19-36-28-50(30-47-36)43(33-13-4-1-5-14-33,34-15-6-2-7-16-34)35-17-8-3-9-18-35/h1-11,13-18,20-23,25,27-28,30,46H,12,19,24,26,29H2. The molecule has 0 radical (unpaired) electrons. The van der Waals surface area contributed by atoms with Crippen molar-refractivity contribution in [2.45, 2.75) is 42.3 Å². The van der Waals surface area contributed by atoms with Gasteiger partial charge in [-0.25, -0.2) is 4.98 Å². The van der Waals surface area contributed by atoms with Crippen LogP contribution in [0.1, 0.15) is 45.8 Å². The van der Waals surface area contributed by atoms with Crippen molar-refractivity contribution in [1.82, 2.24) is 29.3 Å². The monoisotopic (exact) mass is 738 g/mol. The van der Waals surface area contributed by atoms with E-state index in [4.69, 9.17) is 33.3 Å². The van der Waals surface area contributed by atoms with Crippen LogP contribution >= 0.6 is 35.0 Å². The molecule has 6 nitrogen and oxygen atoms in total. The summed E-state index contributed by atoms with van der Waals surface area (Å²) in [6.45, 7) is 0.752. The second-order valence-electron chi connectivity index (χ2n) is 12.8. The fraction of sp³-hybridized carbons (Fsp3) is 0.140. The van der Waals surface area contributed by atoms with Gasteiger partial charge in [0.25, 0.3) is 0 Å². The van der Waals surface area contributed by atoms with Gasteiger partial charge < -0.3 is 14.1 Å². The number of fused-ring (bicyclic) bond motifs is 1. The zero-order valence-electron chi connectivity index (χ0n) is 28.4. The highest BCUT2D eigenvalue weighted by atomic mass is 35.5. The number of H-pyrrole nitrogens is 1. The number of imidazole rings is 1. The quantitative estimate of drug-likeness (QED) is 0.0945. The number of halogens is 2. The number of aromatic nitrogens is 6. The lowest BCUT2D eigenvalue weighted by atomic mass is 9.77. The largest absolute Gasteiger partial charge is 0.361 e. The minimum absolute atomic E-state index is 0.551. The third-order valence-electron chi connectivity index (χ3n) is 9.58. The van der Waals surface area contributed by atoms with Gasteiger partial charge in [0.2, 0.25) is 0 Å². The van der Waals surface area contributed by atoms with E-state index in [2.05, 4.69) is 141 Å². The Morgan fingerprint density at radius 1 is 0.712 bits per heavy atom. The van der Waals surface area contributed by atoms with Crippen LogP contribution in [0.5, 0.6) is 0 Å². The predicted molar refractivity (Wildman–Crippen MR) is 212 cm³/mol. The summed E-state index contributed by atoms with van der Waals surface area (Å²) in [5.74, 6) is 1.63. The Kier molecular flexibility index (Phi) is 9.99. The zero-order valence-corrected chi connectivity index (χ0v) is 30.7. The third kappa shape index (κ3) is 6.80. The van der Waals surface area contributed by atoms with E-state index >= 15 is 0 Å². The molecule has 0 spiro atoms. The van der Waals surface area contributed by atoms with Gasteiger partial charge in [-0.2, -0.15) is 0 Å². The molecule has 0 saturated carbocycles. The molecule has 0 saturated heterocycles. The number of nitrogens with one attached hydrogen (secondary N) is 1. The first-order valence-electron chi connectivity index (χ1n) is 17.3. The summed E-state index contributed by atoms with van der Waals surface area (Å²) in [7, 11) is 0. The molecule has 5 aromatic carbocycles. The van der Waals surface area contributed by atoms with E-state index in [0.717, 1.165) is 47.1 Å². The molecule has 3 heterocycles. The molecule has 0 bridgehead atoms. The maximum atomic E-state index is 6.33. The molecule has 258 valence electrons. The molecule has 52 heavy (non-hydrogen) atoms. The van der Waals surface area contributed by atoms with Gasteiger partial charge in [0.05, 0.1) is 22.1 Å². The lowest BCUT2D eigenvalue weighted by Gasteiger charge is -2.37. The Balaban J connectivity index is 1.08. The topological polar surface area (TPSA) is 64.3 Å². The van der Waals surface area contributed by atoms with Crippen molar-refractivity contribution in [2.24, 2.45) is 0 Å². The van der Waals surface area contributed by atoms with Gasteiger partial charge in [-0.1, -0.05) is 150 Å². The van der Waals surface area contributed by atoms with Gasteiger partial charge in [0.15, 0.2) is 5.16 Å². The third-order valence-corrected chi connectivity index (χ3v) is 11.4. The first-order valence-corrected chi connectivity index (χ1v) is 19.1. The Bertz CT molecular complexity index is 2310. The van der Waals surface area contributed by atoms with Gasteiger partial charge >= 0.3 is 0 Å². The van der Waals surface area contributed by atoms with Crippen LogP contribution < -0.4 is 0 Å². The highest BCUT2D eigenvalue weighted by molar-refractivity contribution is 7.98. The van der Waals surface area contributed by atoms with Crippen LogP contribution in [0, 0.1) is 0 Å². The first kappa shape index (κ1) is 34.0. The maximum Gasteiger partial charge on any atom is 0.191 e. The van der Waals surface area contributed by atoms with Crippen LogP contribution in [0.3, 0.4) is 0 Å². The van der Waals surface area contributed by atoms with Crippen molar-refractivity contribution >= 4 is 45.9 Å². The molecule has 0 aliphatic heterocycles. The van der Waals surface area contributed by atoms with E-state index in [0.29, 0.717) is 22.2 Å². The fourth-order valence-corrected chi connectivity index (χ4v) is 8.33. The Labute approximate surface area is 317 Å². The predicted octanol–water partition coefficient (Wildman–Crippen LogP) is 10.6. The van der Waals surface area contributed by atoms with Gasteiger partial charge in [0, 0.05) is 42.0 Å². The van der Waals surface area contributed by atoms with Crippen LogP contribution in [-0.4, -0.2) is 29.3 Å². The molecule has 0 fully saturated rings. The number of aromatic amines is 1. The minimum atomic E-state index is -0.593. The Morgan fingerprint density at radius 2 is 1.37 bits per heavy atom. The zero-order chi connectivity index (χ0) is 35.3. The van der Waals surface area contributed by atoms with Crippen LogP contribution in [0.4, 0.5) is 0 Å². The van der Waals surface area contributed by atoms with E-state index in [9.17, 15) is 0 Å². The fourth-order valence-electron chi connectivity index (χ4n) is 7.09. The number of para-hydroxylation sites is 1. The lowest BCUT2D eigenvalue weighted by molar-refractivity contribution is 0.513. The number of hydrogen-bond donors (Lipinski definition) is 1. The SMILES string of the molecule is Clc1ccc(CSc2nnc(Cc3c[nH]c4ccccc34)n2CCCc2cn(C(c3ccccc3)(c3ccccc3)c3ccccc3)cn2)cc1Cl. The van der Waals surface area contributed by atoms with Crippen molar-refractivity contribution in [3.63, 3.8) is 0 Å². The number of hydrogen-bond acceptors (Lipinski definition) is 4. The van der Waals surface area contributed by atoms with Crippen LogP contribution in [0.15, 0.2) is 157 Å². The molecule has 0 aliphatic rings. The summed E-state index contributed by atoms with van der Waals surface area (Å²) in [6.07, 6.45) is 8.62. The molecule has 8 rings (SSSR count). The summed E-state index contributed by atoms with van der Waals surface area (Å²) in [6, 6.07) is 46.2. The Hall–Kier alpha value is -5.08. The number of aryl methyl sites for hydroxylation is 1. The van der Waals surface area contributed by atoms with E-state index < -0.39 is 5.54 Å². The van der Waals surface area contributed by atoms with Crippen molar-refractivity contribution < 1.29 is 0 Å². The van der Waals surface area contributed by atoms with Gasteiger partial charge in [0.1, 0.15) is 11.4 Å². The second kappa shape index (κ2) is 15.3. The van der Waals surface area contributed by atoms with Crippen molar-refractivity contribution in [3.8, 4) is 0 Å². The molecule has 1 N–H and O–H groups in total. The molecule has 9 heteroatoms. The van der Waals surface area contributed by atoms with Crippen LogP contribution in [-0.2, 0) is 30.7 Å². The molecular formula is C43H36Cl2N6S. The number of thioether (sulfide) groups is 1. The smallest absolute Gasteiger partial charge is 0.191 e. The van der Waals surface area contributed by atoms with Gasteiger partial charge in [-0.05, 0) is 58.9 Å². The summed E-state index contributed by atoms with van der Waals surface area (Å²) >= 11 is 14.2. The van der Waals surface area contributed by atoms with E-state index in [-0.39, 0.29) is 0 Å². The molecular weight excluding hydrogens is 703 g/mol. The van der Waals surface area contributed by atoms with Gasteiger partial charge in [-0.15, -0.1) is 10.2 Å². The van der Waals surface area contributed by atoms with E-state index in [1.165, 1.54) is 27.6 Å². The summed E-state index contributed by atoms with van der Waals surface area (Å²) in [4.78, 5) is 8.41. The van der Waals surface area contributed by atoms with Crippen LogP contribution in [0.25, 0.3) is 10.9 Å². The molecule has 0 amide bonds. The molecule has 8 aromatic rings. The highest BCUT2D eigenvalue weighted by Gasteiger charge is 2.38. The average molecular weight is 740 g/mol. The summed E-state index contributed by atoms with van der Waals surface area (Å²) < 4.78 is 4.55. The number of rotatable bonds is 13. The van der Waals surface area contributed by atoms with E-state index in [1.807, 2.05) is 30.6 Å².